The van der Waals surface area contributed by atoms with E-state index < -0.39 is 16.1 Å². The fourth-order valence-electron chi connectivity index (χ4n) is 1.28. The molecule has 1 N–H and O–H groups in total. The smallest absolute Gasteiger partial charge is 0.331 e. The molecule has 0 aliphatic carbocycles. The molecule has 0 unspecified atom stereocenters. The van der Waals surface area contributed by atoms with Crippen molar-refractivity contribution < 1.29 is 17.9 Å². The van der Waals surface area contributed by atoms with Crippen molar-refractivity contribution in [2.75, 3.05) is 13.6 Å². The maximum Gasteiger partial charge on any atom is 0.331 e. The average molecular weight is 353 g/mol. The lowest BCUT2D eigenvalue weighted by molar-refractivity contribution is 0.217. The molecule has 1 rings (SSSR count). The Morgan fingerprint density at radius 2 is 2.05 bits per heavy atom. The van der Waals surface area contributed by atoms with E-state index in [0.717, 1.165) is 5.54 Å². The van der Waals surface area contributed by atoms with Gasteiger partial charge < -0.3 is 9.64 Å². The van der Waals surface area contributed by atoms with Crippen molar-refractivity contribution in [3.8, 4) is 5.75 Å². The Balaban J connectivity index is 3.12. The summed E-state index contributed by atoms with van der Waals surface area (Å²) in [5, 5.41) is -0.198. The van der Waals surface area contributed by atoms with Crippen LogP contribution in [0.5, 0.6) is 5.75 Å². The van der Waals surface area contributed by atoms with Crippen molar-refractivity contribution in [3.63, 3.8) is 0 Å². The minimum Gasteiger partial charge on any atom is -0.443 e. The van der Waals surface area contributed by atoms with Crippen LogP contribution in [-0.2, 0) is 10.0 Å². The van der Waals surface area contributed by atoms with Gasteiger partial charge in [0.25, 0.3) is 10.0 Å². The van der Waals surface area contributed by atoms with Gasteiger partial charge in [-0.15, -0.1) is 0 Å². The standard InChI is InChI=1S/C12H14Cl2N2O4S/c1-3-16(2)12(17)15-21(18,19)10-7-5-4-6-9(10)20-11(14)8-13/h4-8H,3H2,1-2H3,(H,15,17). The molecule has 0 saturated carbocycles. The van der Waals surface area contributed by atoms with E-state index in [4.69, 9.17) is 27.9 Å². The van der Waals surface area contributed by atoms with Gasteiger partial charge in [-0.2, -0.15) is 0 Å². The van der Waals surface area contributed by atoms with Crippen LogP contribution in [0, 0.1) is 0 Å². The second-order valence-electron chi connectivity index (χ2n) is 3.89. The number of urea groups is 1. The zero-order valence-electron chi connectivity index (χ0n) is 11.3. The predicted molar refractivity (Wildman–Crippen MR) is 80.9 cm³/mol. The van der Waals surface area contributed by atoms with Crippen LogP contribution >= 0.6 is 23.2 Å². The molecule has 0 atom stereocenters. The summed E-state index contributed by atoms with van der Waals surface area (Å²) in [5.41, 5.74) is 0.953. The number of nitrogens with zero attached hydrogens (tertiary/aromatic N) is 1. The molecule has 0 saturated heterocycles. The minimum absolute atomic E-state index is 0.0427. The van der Waals surface area contributed by atoms with Gasteiger partial charge in [0, 0.05) is 13.6 Å². The number of hydrogen-bond donors (Lipinski definition) is 1. The Morgan fingerprint density at radius 1 is 1.43 bits per heavy atom. The van der Waals surface area contributed by atoms with E-state index in [9.17, 15) is 13.2 Å². The third-order valence-electron chi connectivity index (χ3n) is 2.47. The zero-order chi connectivity index (χ0) is 16.0. The van der Waals surface area contributed by atoms with Crippen LogP contribution in [0.1, 0.15) is 6.92 Å². The monoisotopic (exact) mass is 352 g/mol. The summed E-state index contributed by atoms with van der Waals surface area (Å²) >= 11 is 11.0. The summed E-state index contributed by atoms with van der Waals surface area (Å²) < 4.78 is 31.5. The van der Waals surface area contributed by atoms with Gasteiger partial charge >= 0.3 is 6.03 Å². The lowest BCUT2D eigenvalue weighted by atomic mass is 10.3. The highest BCUT2D eigenvalue weighted by Crippen LogP contribution is 2.26. The number of para-hydroxylation sites is 1. The van der Waals surface area contributed by atoms with Crippen molar-refractivity contribution in [2.45, 2.75) is 11.8 Å². The first-order valence-corrected chi connectivity index (χ1v) is 8.12. The molecule has 0 aromatic heterocycles. The Morgan fingerprint density at radius 3 is 2.62 bits per heavy atom. The summed E-state index contributed by atoms with van der Waals surface area (Å²) in [6, 6.07) is 4.99. The molecule has 0 bridgehead atoms. The molecule has 0 aliphatic heterocycles. The summed E-state index contributed by atoms with van der Waals surface area (Å²) in [7, 11) is -2.62. The molecule has 0 fully saturated rings. The van der Waals surface area contributed by atoms with Crippen LogP contribution in [0.3, 0.4) is 0 Å². The van der Waals surface area contributed by atoms with Gasteiger partial charge in [-0.1, -0.05) is 23.7 Å². The summed E-state index contributed by atoms with van der Waals surface area (Å²) in [6.45, 7) is 2.08. The van der Waals surface area contributed by atoms with E-state index in [0.29, 0.717) is 6.54 Å². The number of carbonyl (C=O) groups excluding carboxylic acids is 1. The predicted octanol–water partition coefficient (Wildman–Crippen LogP) is 2.69. The number of ether oxygens (including phenoxy) is 1. The van der Waals surface area contributed by atoms with Crippen molar-refractivity contribution in [1.29, 1.82) is 0 Å². The third-order valence-corrected chi connectivity index (χ3v) is 4.33. The molecular formula is C12H14Cl2N2O4S. The van der Waals surface area contributed by atoms with E-state index in [1.165, 1.54) is 30.1 Å². The second kappa shape index (κ2) is 7.53. The molecule has 9 heteroatoms. The summed E-state index contributed by atoms with van der Waals surface area (Å²) in [6.07, 6.45) is 0. The van der Waals surface area contributed by atoms with Gasteiger partial charge in [0.2, 0.25) is 5.22 Å². The van der Waals surface area contributed by atoms with Gasteiger partial charge in [-0.3, -0.25) is 0 Å². The van der Waals surface area contributed by atoms with Crippen LogP contribution in [-0.4, -0.2) is 32.9 Å². The number of carbonyl (C=O) groups is 1. The Kier molecular flexibility index (Phi) is 6.32. The van der Waals surface area contributed by atoms with Gasteiger partial charge in [-0.25, -0.2) is 17.9 Å². The Bertz CT molecular complexity index is 646. The molecule has 0 radical (unpaired) electrons. The van der Waals surface area contributed by atoms with E-state index in [2.05, 4.69) is 0 Å². The van der Waals surface area contributed by atoms with Gasteiger partial charge in [0.15, 0.2) is 0 Å². The van der Waals surface area contributed by atoms with Crippen molar-refractivity contribution in [2.24, 2.45) is 0 Å². The van der Waals surface area contributed by atoms with Crippen LogP contribution in [0.15, 0.2) is 39.9 Å². The molecule has 0 spiro atoms. The Labute approximate surface area is 133 Å². The van der Waals surface area contributed by atoms with Crippen LogP contribution in [0.2, 0.25) is 0 Å². The largest absolute Gasteiger partial charge is 0.443 e. The number of nitrogens with one attached hydrogen (secondary N) is 1. The number of hydrogen-bond acceptors (Lipinski definition) is 4. The quantitative estimate of drug-likeness (QED) is 0.826. The summed E-state index contributed by atoms with van der Waals surface area (Å²) in [4.78, 5) is 12.7. The van der Waals surface area contributed by atoms with Gasteiger partial charge in [0.05, 0.1) is 5.54 Å². The molecule has 1 aromatic carbocycles. The van der Waals surface area contributed by atoms with E-state index in [1.807, 2.05) is 4.72 Å². The van der Waals surface area contributed by atoms with Gasteiger partial charge in [0.1, 0.15) is 10.6 Å². The van der Waals surface area contributed by atoms with E-state index in [-0.39, 0.29) is 15.9 Å². The maximum atomic E-state index is 12.2. The molecule has 1 aromatic rings. The molecule has 21 heavy (non-hydrogen) atoms. The van der Waals surface area contributed by atoms with Crippen molar-refractivity contribution in [3.05, 3.63) is 35.0 Å². The minimum atomic E-state index is -4.09. The fraction of sp³-hybridized carbons (Fsp3) is 0.250. The highest BCUT2D eigenvalue weighted by Gasteiger charge is 2.23. The number of amides is 2. The zero-order valence-corrected chi connectivity index (χ0v) is 13.7. The lowest BCUT2D eigenvalue weighted by Gasteiger charge is -2.16. The maximum absolute atomic E-state index is 12.2. The van der Waals surface area contributed by atoms with Crippen molar-refractivity contribution in [1.82, 2.24) is 9.62 Å². The fourth-order valence-corrected chi connectivity index (χ4v) is 2.53. The van der Waals surface area contributed by atoms with E-state index >= 15 is 0 Å². The Hall–Kier alpha value is -1.44. The lowest BCUT2D eigenvalue weighted by Crippen LogP contribution is -2.40. The number of halogens is 2. The molecule has 0 aliphatic rings. The highest BCUT2D eigenvalue weighted by molar-refractivity contribution is 7.90. The molecule has 6 nitrogen and oxygen atoms in total. The third kappa shape index (κ3) is 4.80. The normalized spacial score (nSPS) is 11.9. The molecular weight excluding hydrogens is 339 g/mol. The van der Waals surface area contributed by atoms with Crippen LogP contribution < -0.4 is 9.46 Å². The first-order chi connectivity index (χ1) is 9.81. The number of sulfonamides is 1. The van der Waals surface area contributed by atoms with E-state index in [1.54, 1.807) is 13.0 Å². The highest BCUT2D eigenvalue weighted by atomic mass is 35.5. The topological polar surface area (TPSA) is 75.7 Å². The molecule has 116 valence electrons. The number of benzene rings is 1. The second-order valence-corrected chi connectivity index (χ2v) is 6.13. The molecule has 0 heterocycles. The van der Waals surface area contributed by atoms with Crippen LogP contribution in [0.4, 0.5) is 4.79 Å². The van der Waals surface area contributed by atoms with Crippen LogP contribution in [0.25, 0.3) is 0 Å². The average Bonchev–Trinajstić information content (AvgIpc) is 2.46. The van der Waals surface area contributed by atoms with Gasteiger partial charge in [-0.05, 0) is 30.7 Å². The SMILES string of the molecule is CCN(C)C(=O)NS(=O)(=O)c1ccccc1OC(Cl)=CCl. The summed E-state index contributed by atoms with van der Waals surface area (Å²) in [5.74, 6) is -0.0427. The molecule has 2 amide bonds. The van der Waals surface area contributed by atoms with Crippen molar-refractivity contribution >= 4 is 39.3 Å². The first kappa shape index (κ1) is 17.6. The number of rotatable bonds is 5. The first-order valence-electron chi connectivity index (χ1n) is 5.82.